The maximum absolute atomic E-state index is 11.9. The highest BCUT2D eigenvalue weighted by Crippen LogP contribution is 2.13. The Morgan fingerprint density at radius 3 is 2.69 bits per heavy atom. The molecule has 0 atom stereocenters. The number of piperidine rings is 1. The minimum Gasteiger partial charge on any atom is -0.378 e. The number of aliphatic imine (C=N–C) groups is 1. The van der Waals surface area contributed by atoms with E-state index in [1.165, 1.54) is 0 Å². The number of aromatic nitrogens is 1. The van der Waals surface area contributed by atoms with Crippen LogP contribution < -0.4 is 10.9 Å². The van der Waals surface area contributed by atoms with E-state index in [1.807, 2.05) is 23.6 Å². The molecule has 1 aliphatic heterocycles. The number of pyridine rings is 1. The monoisotopic (exact) mass is 362 g/mol. The number of unbranched alkanes of at least 4 members (excludes halogenated alkanes) is 1. The zero-order chi connectivity index (χ0) is 18.8. The van der Waals surface area contributed by atoms with Gasteiger partial charge in [-0.1, -0.05) is 6.07 Å². The summed E-state index contributed by atoms with van der Waals surface area (Å²) in [7, 11) is 0. The van der Waals surface area contributed by atoms with Crippen LogP contribution in [0.25, 0.3) is 0 Å². The first kappa shape index (κ1) is 20.5. The van der Waals surface area contributed by atoms with E-state index < -0.39 is 0 Å². The number of aryl methyl sites for hydroxylation is 1. The number of guanidine groups is 1. The Bertz CT molecular complexity index is 618. The third kappa shape index (κ3) is 6.16. The van der Waals surface area contributed by atoms with Gasteiger partial charge in [-0.3, -0.25) is 9.79 Å². The van der Waals surface area contributed by atoms with Crippen LogP contribution >= 0.6 is 0 Å². The van der Waals surface area contributed by atoms with E-state index in [9.17, 15) is 4.79 Å². The second-order valence-corrected chi connectivity index (χ2v) is 6.74. The van der Waals surface area contributed by atoms with Crippen molar-refractivity contribution in [1.82, 2.24) is 14.8 Å². The molecule has 0 aliphatic carbocycles. The Hall–Kier alpha value is -1.82. The van der Waals surface area contributed by atoms with Crippen molar-refractivity contribution in [1.29, 1.82) is 0 Å². The lowest BCUT2D eigenvalue weighted by Gasteiger charge is -2.34. The Kier molecular flexibility index (Phi) is 8.68. The molecule has 26 heavy (non-hydrogen) atoms. The van der Waals surface area contributed by atoms with Crippen molar-refractivity contribution in [3.63, 3.8) is 0 Å². The fourth-order valence-electron chi connectivity index (χ4n) is 3.37. The van der Waals surface area contributed by atoms with E-state index in [2.05, 4.69) is 24.1 Å². The molecule has 1 fully saturated rings. The molecule has 1 saturated heterocycles. The summed E-state index contributed by atoms with van der Waals surface area (Å²) in [4.78, 5) is 19.0. The minimum absolute atomic E-state index is 0.0824. The van der Waals surface area contributed by atoms with Crippen molar-refractivity contribution in [2.24, 2.45) is 4.99 Å². The number of nitrogens with zero attached hydrogens (tertiary/aromatic N) is 3. The standard InChI is InChI=1S/C20H34N4O2/c1-4-21-20(23-15-11-18(12-16-23)26-5-2)22-13-6-7-14-24-17(3)9-8-10-19(24)25/h8-10,18H,4-7,11-16H2,1-3H3,(H,21,22). The molecule has 1 aromatic rings. The normalized spacial score (nSPS) is 16.1. The lowest BCUT2D eigenvalue weighted by atomic mass is 10.1. The molecule has 0 saturated carbocycles. The molecule has 0 unspecified atom stereocenters. The van der Waals surface area contributed by atoms with Gasteiger partial charge in [0.2, 0.25) is 0 Å². The van der Waals surface area contributed by atoms with Crippen LogP contribution in [0.5, 0.6) is 0 Å². The number of hydrogen-bond donors (Lipinski definition) is 1. The zero-order valence-corrected chi connectivity index (χ0v) is 16.5. The Morgan fingerprint density at radius 2 is 2.04 bits per heavy atom. The van der Waals surface area contributed by atoms with E-state index >= 15 is 0 Å². The summed E-state index contributed by atoms with van der Waals surface area (Å²) in [6, 6.07) is 5.42. The molecular formula is C20H34N4O2. The van der Waals surface area contributed by atoms with Crippen LogP contribution in [0.3, 0.4) is 0 Å². The molecule has 2 heterocycles. The van der Waals surface area contributed by atoms with Gasteiger partial charge >= 0.3 is 0 Å². The molecule has 0 spiro atoms. The van der Waals surface area contributed by atoms with Crippen molar-refractivity contribution in [2.75, 3.05) is 32.8 Å². The molecular weight excluding hydrogens is 328 g/mol. The van der Waals surface area contributed by atoms with Gasteiger partial charge in [-0.15, -0.1) is 0 Å². The van der Waals surface area contributed by atoms with Crippen LogP contribution in [0.15, 0.2) is 28.0 Å². The third-order valence-electron chi connectivity index (χ3n) is 4.80. The highest BCUT2D eigenvalue weighted by Gasteiger charge is 2.21. The summed E-state index contributed by atoms with van der Waals surface area (Å²) in [6.45, 7) is 11.4. The largest absolute Gasteiger partial charge is 0.378 e. The van der Waals surface area contributed by atoms with Crippen molar-refractivity contribution < 1.29 is 4.74 Å². The van der Waals surface area contributed by atoms with Gasteiger partial charge < -0.3 is 19.5 Å². The molecule has 6 nitrogen and oxygen atoms in total. The maximum Gasteiger partial charge on any atom is 0.250 e. The number of ether oxygens (including phenoxy) is 1. The molecule has 0 bridgehead atoms. The smallest absolute Gasteiger partial charge is 0.250 e. The van der Waals surface area contributed by atoms with Crippen molar-refractivity contribution >= 4 is 5.96 Å². The quantitative estimate of drug-likeness (QED) is 0.438. The molecule has 0 aromatic carbocycles. The summed E-state index contributed by atoms with van der Waals surface area (Å²) < 4.78 is 7.57. The summed E-state index contributed by atoms with van der Waals surface area (Å²) >= 11 is 0. The predicted octanol–water partition coefficient (Wildman–Crippen LogP) is 2.40. The molecule has 0 radical (unpaired) electrons. The molecule has 146 valence electrons. The van der Waals surface area contributed by atoms with Crippen LogP contribution in [0.1, 0.15) is 45.2 Å². The lowest BCUT2D eigenvalue weighted by molar-refractivity contribution is 0.0264. The Morgan fingerprint density at radius 1 is 1.27 bits per heavy atom. The highest BCUT2D eigenvalue weighted by atomic mass is 16.5. The van der Waals surface area contributed by atoms with E-state index in [0.29, 0.717) is 6.10 Å². The van der Waals surface area contributed by atoms with Gasteiger partial charge in [-0.05, 0) is 52.5 Å². The third-order valence-corrected chi connectivity index (χ3v) is 4.80. The van der Waals surface area contributed by atoms with Gasteiger partial charge in [-0.25, -0.2) is 0 Å². The fourth-order valence-corrected chi connectivity index (χ4v) is 3.37. The first-order chi connectivity index (χ1) is 12.7. The molecule has 1 N–H and O–H groups in total. The van der Waals surface area contributed by atoms with Crippen LogP contribution in [-0.2, 0) is 11.3 Å². The second-order valence-electron chi connectivity index (χ2n) is 6.74. The maximum atomic E-state index is 11.9. The van der Waals surface area contributed by atoms with Crippen LogP contribution in [0, 0.1) is 6.92 Å². The SMILES string of the molecule is CCNC(=NCCCCn1c(C)cccc1=O)N1CCC(OCC)CC1. The van der Waals surface area contributed by atoms with Crippen LogP contribution in [-0.4, -0.2) is 54.3 Å². The van der Waals surface area contributed by atoms with Crippen molar-refractivity contribution in [3.8, 4) is 0 Å². The highest BCUT2D eigenvalue weighted by molar-refractivity contribution is 5.80. The van der Waals surface area contributed by atoms with Gasteiger partial charge in [-0.2, -0.15) is 0 Å². The average molecular weight is 363 g/mol. The summed E-state index contributed by atoms with van der Waals surface area (Å²) in [5.41, 5.74) is 1.10. The molecule has 1 aromatic heterocycles. The van der Waals surface area contributed by atoms with Crippen molar-refractivity contribution in [2.45, 2.75) is 59.1 Å². The molecule has 6 heteroatoms. The topological polar surface area (TPSA) is 58.9 Å². The summed E-state index contributed by atoms with van der Waals surface area (Å²) in [5.74, 6) is 1.01. The van der Waals surface area contributed by atoms with Gasteiger partial charge in [0, 0.05) is 51.1 Å². The lowest BCUT2D eigenvalue weighted by Crippen LogP contribution is -2.47. The minimum atomic E-state index is 0.0824. The van der Waals surface area contributed by atoms with Crippen molar-refractivity contribution in [3.05, 3.63) is 34.2 Å². The molecule has 1 aliphatic rings. The number of rotatable bonds is 8. The van der Waals surface area contributed by atoms with Gasteiger partial charge in [0.05, 0.1) is 6.10 Å². The van der Waals surface area contributed by atoms with Gasteiger partial charge in [0.15, 0.2) is 5.96 Å². The van der Waals surface area contributed by atoms with Crippen LogP contribution in [0.4, 0.5) is 0 Å². The van der Waals surface area contributed by atoms with Crippen LogP contribution in [0.2, 0.25) is 0 Å². The Labute approximate surface area is 157 Å². The number of nitrogens with one attached hydrogen (secondary N) is 1. The van der Waals surface area contributed by atoms with E-state index in [0.717, 1.165) is 76.7 Å². The summed E-state index contributed by atoms with van der Waals surface area (Å²) in [6.07, 6.45) is 4.46. The summed E-state index contributed by atoms with van der Waals surface area (Å²) in [5, 5.41) is 3.41. The first-order valence-corrected chi connectivity index (χ1v) is 9.97. The first-order valence-electron chi connectivity index (χ1n) is 9.97. The second kappa shape index (κ2) is 11.0. The van der Waals surface area contributed by atoms with Gasteiger partial charge in [0.1, 0.15) is 0 Å². The van der Waals surface area contributed by atoms with E-state index in [1.54, 1.807) is 6.07 Å². The van der Waals surface area contributed by atoms with E-state index in [4.69, 9.17) is 9.73 Å². The molecule has 2 rings (SSSR count). The van der Waals surface area contributed by atoms with Gasteiger partial charge in [0.25, 0.3) is 5.56 Å². The fraction of sp³-hybridized carbons (Fsp3) is 0.700. The number of hydrogen-bond acceptors (Lipinski definition) is 3. The zero-order valence-electron chi connectivity index (χ0n) is 16.5. The predicted molar refractivity (Wildman–Crippen MR) is 107 cm³/mol. The Balaban J connectivity index is 1.79. The molecule has 0 amide bonds. The number of likely N-dealkylation sites (tertiary alicyclic amines) is 1. The van der Waals surface area contributed by atoms with E-state index in [-0.39, 0.29) is 5.56 Å². The average Bonchev–Trinajstić information content (AvgIpc) is 2.64.